The van der Waals surface area contributed by atoms with E-state index in [0.29, 0.717) is 12.1 Å². The van der Waals surface area contributed by atoms with Gasteiger partial charge in [-0.05, 0) is 55.6 Å². The van der Waals surface area contributed by atoms with Crippen LogP contribution in [0.1, 0.15) is 41.3 Å². The van der Waals surface area contributed by atoms with Crippen LogP contribution in [0.15, 0.2) is 18.2 Å². The van der Waals surface area contributed by atoms with Crippen LogP contribution in [0.25, 0.3) is 0 Å². The molecule has 0 saturated carbocycles. The first-order chi connectivity index (χ1) is 11.0. The van der Waals surface area contributed by atoms with Gasteiger partial charge in [0, 0.05) is 18.5 Å². The minimum absolute atomic E-state index is 0. The van der Waals surface area contributed by atoms with Crippen LogP contribution in [0, 0.1) is 5.41 Å². The van der Waals surface area contributed by atoms with E-state index >= 15 is 0 Å². The van der Waals surface area contributed by atoms with Crippen molar-refractivity contribution in [3.05, 3.63) is 34.9 Å². The van der Waals surface area contributed by atoms with E-state index in [-0.39, 0.29) is 29.7 Å². The lowest BCUT2D eigenvalue weighted by Crippen LogP contribution is -2.49. The molecule has 6 heteroatoms. The molecule has 1 N–H and O–H groups in total. The minimum Gasteiger partial charge on any atom is -0.465 e. The molecule has 1 aromatic carbocycles. The predicted molar refractivity (Wildman–Crippen MR) is 94.4 cm³/mol. The number of hydrogen-bond acceptors (Lipinski definition) is 4. The Hall–Kier alpha value is -1.59. The molecule has 1 aromatic rings. The van der Waals surface area contributed by atoms with Crippen LogP contribution in [0.2, 0.25) is 0 Å². The van der Waals surface area contributed by atoms with E-state index in [0.717, 1.165) is 50.0 Å². The van der Waals surface area contributed by atoms with Gasteiger partial charge in [-0.2, -0.15) is 0 Å². The second kappa shape index (κ2) is 7.53. The summed E-state index contributed by atoms with van der Waals surface area (Å²) in [6, 6.07) is 5.63. The average molecular weight is 353 g/mol. The van der Waals surface area contributed by atoms with Crippen molar-refractivity contribution in [3.63, 3.8) is 0 Å². The minimum atomic E-state index is -0.312. The van der Waals surface area contributed by atoms with Crippen molar-refractivity contribution in [3.8, 4) is 0 Å². The maximum absolute atomic E-state index is 12.9. The molecule has 0 unspecified atom stereocenters. The first-order valence-corrected chi connectivity index (χ1v) is 8.24. The Kier molecular flexibility index (Phi) is 5.88. The van der Waals surface area contributed by atoms with Crippen LogP contribution < -0.4 is 5.32 Å². The Balaban J connectivity index is 0.00000208. The molecule has 0 bridgehead atoms. The van der Waals surface area contributed by atoms with E-state index in [4.69, 9.17) is 4.74 Å². The molecule has 24 heavy (non-hydrogen) atoms. The van der Waals surface area contributed by atoms with Crippen molar-refractivity contribution in [2.45, 2.75) is 32.7 Å². The van der Waals surface area contributed by atoms with Crippen molar-refractivity contribution in [2.24, 2.45) is 5.41 Å². The number of carbonyl (C=O) groups excluding carboxylic acids is 2. The molecule has 0 aliphatic carbocycles. The maximum atomic E-state index is 12.9. The third-order valence-electron chi connectivity index (χ3n) is 5.15. The number of hydrogen-bond donors (Lipinski definition) is 1. The summed E-state index contributed by atoms with van der Waals surface area (Å²) in [7, 11) is 1.39. The van der Waals surface area contributed by atoms with Crippen molar-refractivity contribution in [1.29, 1.82) is 0 Å². The van der Waals surface area contributed by atoms with Crippen LogP contribution >= 0.6 is 12.4 Å². The predicted octanol–water partition coefficient (Wildman–Crippen LogP) is 2.17. The van der Waals surface area contributed by atoms with Gasteiger partial charge in [0.1, 0.15) is 0 Å². The van der Waals surface area contributed by atoms with Crippen molar-refractivity contribution >= 4 is 24.3 Å². The van der Waals surface area contributed by atoms with Crippen LogP contribution in [-0.2, 0) is 22.5 Å². The number of amides is 1. The molecule has 2 aliphatic heterocycles. The number of piperidine rings is 1. The molecule has 2 aliphatic rings. The summed E-state index contributed by atoms with van der Waals surface area (Å²) in [5, 5.41) is 3.32. The summed E-state index contributed by atoms with van der Waals surface area (Å²) >= 11 is 0. The van der Waals surface area contributed by atoms with Gasteiger partial charge in [-0.25, -0.2) is 4.79 Å². The third-order valence-corrected chi connectivity index (χ3v) is 5.15. The fourth-order valence-electron chi connectivity index (χ4n) is 3.55. The summed E-state index contributed by atoms with van der Waals surface area (Å²) in [6.45, 7) is 5.27. The standard InChI is InChI=1S/C18H24N2O3.ClH/c1-18(6-8-19-9-7-18)17(22)20-10-5-13-11-14(16(21)23-2)3-4-15(13)12-20;/h3-4,11,19H,5-10,12H2,1-2H3;1H. The molecule has 0 aromatic heterocycles. The van der Waals surface area contributed by atoms with Crippen LogP contribution in [-0.4, -0.2) is 43.5 Å². The molecule has 0 spiro atoms. The van der Waals surface area contributed by atoms with Gasteiger partial charge in [0.25, 0.3) is 0 Å². The lowest BCUT2D eigenvalue weighted by molar-refractivity contribution is -0.143. The molecule has 1 fully saturated rings. The average Bonchev–Trinajstić information content (AvgIpc) is 2.60. The van der Waals surface area contributed by atoms with E-state index in [9.17, 15) is 9.59 Å². The Morgan fingerprint density at radius 1 is 1.21 bits per heavy atom. The number of nitrogens with zero attached hydrogens (tertiary/aromatic N) is 1. The highest BCUT2D eigenvalue weighted by Gasteiger charge is 2.38. The van der Waals surface area contributed by atoms with Gasteiger partial charge in [-0.15, -0.1) is 12.4 Å². The Morgan fingerprint density at radius 3 is 2.58 bits per heavy atom. The number of fused-ring (bicyclic) bond motifs is 1. The first-order valence-electron chi connectivity index (χ1n) is 8.24. The van der Waals surface area contributed by atoms with Crippen molar-refractivity contribution < 1.29 is 14.3 Å². The van der Waals surface area contributed by atoms with Gasteiger partial charge in [0.05, 0.1) is 12.7 Å². The molecule has 0 atom stereocenters. The van der Waals surface area contributed by atoms with E-state index in [1.807, 2.05) is 17.0 Å². The number of benzene rings is 1. The van der Waals surface area contributed by atoms with Crippen LogP contribution in [0.4, 0.5) is 0 Å². The number of esters is 1. The van der Waals surface area contributed by atoms with Gasteiger partial charge in [0.15, 0.2) is 0 Å². The number of methoxy groups -OCH3 is 1. The summed E-state index contributed by atoms with van der Waals surface area (Å²) < 4.78 is 4.77. The van der Waals surface area contributed by atoms with Crippen molar-refractivity contribution in [1.82, 2.24) is 10.2 Å². The summed E-state index contributed by atoms with van der Waals surface area (Å²) in [5.74, 6) is -0.0461. The SMILES string of the molecule is COC(=O)c1ccc2c(c1)CCN(C(=O)C1(C)CCNCC1)C2.Cl. The zero-order valence-corrected chi connectivity index (χ0v) is 15.1. The fourth-order valence-corrected chi connectivity index (χ4v) is 3.55. The summed E-state index contributed by atoms with van der Waals surface area (Å²) in [4.78, 5) is 26.5. The molecule has 1 saturated heterocycles. The van der Waals surface area contributed by atoms with Gasteiger partial charge >= 0.3 is 5.97 Å². The molecule has 5 nitrogen and oxygen atoms in total. The lowest BCUT2D eigenvalue weighted by atomic mass is 9.79. The number of carbonyl (C=O) groups is 2. The van der Waals surface area contributed by atoms with E-state index in [2.05, 4.69) is 12.2 Å². The molecule has 0 radical (unpaired) electrons. The van der Waals surface area contributed by atoms with Gasteiger partial charge < -0.3 is 15.0 Å². The van der Waals surface area contributed by atoms with Crippen LogP contribution in [0.5, 0.6) is 0 Å². The Labute approximate surface area is 149 Å². The number of ether oxygens (including phenoxy) is 1. The second-order valence-corrected chi connectivity index (χ2v) is 6.76. The number of nitrogens with one attached hydrogen (secondary N) is 1. The zero-order chi connectivity index (χ0) is 16.4. The Morgan fingerprint density at radius 2 is 1.92 bits per heavy atom. The number of halogens is 1. The molecular formula is C18H25ClN2O3. The third kappa shape index (κ3) is 3.57. The largest absolute Gasteiger partial charge is 0.465 e. The quantitative estimate of drug-likeness (QED) is 0.829. The highest BCUT2D eigenvalue weighted by molar-refractivity contribution is 5.89. The lowest BCUT2D eigenvalue weighted by Gasteiger charge is -2.39. The van der Waals surface area contributed by atoms with E-state index < -0.39 is 0 Å². The smallest absolute Gasteiger partial charge is 0.337 e. The van der Waals surface area contributed by atoms with E-state index in [1.54, 1.807) is 6.07 Å². The molecule has 2 heterocycles. The molecular weight excluding hydrogens is 328 g/mol. The normalized spacial score (nSPS) is 19.0. The van der Waals surface area contributed by atoms with Gasteiger partial charge in [-0.1, -0.05) is 13.0 Å². The molecule has 132 valence electrons. The van der Waals surface area contributed by atoms with Gasteiger partial charge in [-0.3, -0.25) is 4.79 Å². The van der Waals surface area contributed by atoms with E-state index in [1.165, 1.54) is 7.11 Å². The monoisotopic (exact) mass is 352 g/mol. The zero-order valence-electron chi connectivity index (χ0n) is 14.3. The van der Waals surface area contributed by atoms with Crippen LogP contribution in [0.3, 0.4) is 0 Å². The highest BCUT2D eigenvalue weighted by Crippen LogP contribution is 2.32. The Bertz CT molecular complexity index is 627. The van der Waals surface area contributed by atoms with Gasteiger partial charge in [0.2, 0.25) is 5.91 Å². The topological polar surface area (TPSA) is 58.6 Å². The maximum Gasteiger partial charge on any atom is 0.337 e. The molecule has 1 amide bonds. The number of rotatable bonds is 2. The summed E-state index contributed by atoms with van der Waals surface area (Å²) in [6.07, 6.45) is 2.59. The summed E-state index contributed by atoms with van der Waals surface area (Å²) in [5.41, 5.74) is 2.62. The first kappa shape index (κ1) is 18.7. The fraction of sp³-hybridized carbons (Fsp3) is 0.556. The second-order valence-electron chi connectivity index (χ2n) is 6.76. The molecule has 3 rings (SSSR count). The van der Waals surface area contributed by atoms with Crippen molar-refractivity contribution in [2.75, 3.05) is 26.7 Å². The highest BCUT2D eigenvalue weighted by atomic mass is 35.5.